The van der Waals surface area contributed by atoms with E-state index in [1.807, 2.05) is 32.1 Å². The zero-order valence-corrected chi connectivity index (χ0v) is 33.0. The van der Waals surface area contributed by atoms with Gasteiger partial charge in [0.05, 0.1) is 5.69 Å². The van der Waals surface area contributed by atoms with E-state index in [2.05, 4.69) is 212 Å². The first kappa shape index (κ1) is 38.1. The maximum Gasteiger partial charge on any atom is 0.0534 e. The fourth-order valence-electron chi connectivity index (χ4n) is 7.13. The number of rotatable bonds is 11. The van der Waals surface area contributed by atoms with E-state index in [4.69, 9.17) is 6.58 Å². The smallest absolute Gasteiger partial charge is 0.0534 e. The molecule has 2 heteroatoms. The lowest BCUT2D eigenvalue weighted by Crippen LogP contribution is -2.12. The van der Waals surface area contributed by atoms with Gasteiger partial charge in [-0.05, 0) is 143 Å². The molecule has 0 unspecified atom stereocenters. The van der Waals surface area contributed by atoms with Crippen molar-refractivity contribution in [3.05, 3.63) is 242 Å². The summed E-state index contributed by atoms with van der Waals surface area (Å²) in [4.78, 5) is 2.30. The highest BCUT2D eigenvalue weighted by Crippen LogP contribution is 2.42. The second-order valence-corrected chi connectivity index (χ2v) is 14.0. The van der Waals surface area contributed by atoms with E-state index in [1.54, 1.807) is 0 Å². The summed E-state index contributed by atoms with van der Waals surface area (Å²) in [6.45, 7) is 15.1. The van der Waals surface area contributed by atoms with Crippen molar-refractivity contribution in [2.45, 2.75) is 20.8 Å². The van der Waals surface area contributed by atoms with E-state index in [-0.39, 0.29) is 0 Å². The monoisotopic (exact) mass is 736 g/mol. The largest absolute Gasteiger partial charge is 0.355 e. The summed E-state index contributed by atoms with van der Waals surface area (Å²) in [5.74, 6) is 0. The van der Waals surface area contributed by atoms with E-state index in [1.165, 1.54) is 5.57 Å². The van der Waals surface area contributed by atoms with Crippen LogP contribution < -0.4 is 10.2 Å². The Morgan fingerprint density at radius 1 is 0.632 bits per heavy atom. The number of hydrogen-bond donors (Lipinski definition) is 1. The van der Waals surface area contributed by atoms with Crippen molar-refractivity contribution in [2.24, 2.45) is 0 Å². The minimum atomic E-state index is 0.936. The van der Waals surface area contributed by atoms with Crippen molar-refractivity contribution in [3.8, 4) is 22.3 Å². The Labute approximate surface area is 338 Å². The molecule has 0 spiro atoms. The summed E-state index contributed by atoms with van der Waals surface area (Å²) in [6, 6.07) is 51.7. The average Bonchev–Trinajstić information content (AvgIpc) is 3.26. The highest BCUT2D eigenvalue weighted by molar-refractivity contribution is 5.96. The van der Waals surface area contributed by atoms with Crippen LogP contribution in [0.25, 0.3) is 44.5 Å². The molecular formula is C55H48N2. The third kappa shape index (κ3) is 8.88. The fraction of sp³-hybridized carbons (Fsp3) is 0.0545. The van der Waals surface area contributed by atoms with Crippen molar-refractivity contribution in [1.82, 2.24) is 0 Å². The number of hydrogen-bond acceptors (Lipinski definition) is 2. The van der Waals surface area contributed by atoms with Crippen LogP contribution in [0.3, 0.4) is 0 Å². The molecule has 0 fully saturated rings. The summed E-state index contributed by atoms with van der Waals surface area (Å²) in [5.41, 5.74) is 17.4. The van der Waals surface area contributed by atoms with Gasteiger partial charge >= 0.3 is 0 Å². The molecule has 0 bridgehead atoms. The fourth-order valence-corrected chi connectivity index (χ4v) is 7.13. The summed E-state index contributed by atoms with van der Waals surface area (Å²) >= 11 is 0. The van der Waals surface area contributed by atoms with E-state index in [9.17, 15) is 0 Å². The molecular weight excluding hydrogens is 689 g/mol. The first-order valence-corrected chi connectivity index (χ1v) is 19.5. The molecule has 0 saturated heterocycles. The van der Waals surface area contributed by atoms with Gasteiger partial charge in [0.1, 0.15) is 0 Å². The predicted octanol–water partition coefficient (Wildman–Crippen LogP) is 15.7. The van der Waals surface area contributed by atoms with Gasteiger partial charge in [-0.15, -0.1) is 0 Å². The first-order chi connectivity index (χ1) is 27.9. The second kappa shape index (κ2) is 18.0. The molecule has 1 heterocycles. The predicted molar refractivity (Wildman–Crippen MR) is 250 cm³/mol. The quantitative estimate of drug-likeness (QED) is 0.133. The third-order valence-corrected chi connectivity index (χ3v) is 10.1. The second-order valence-electron chi connectivity index (χ2n) is 14.0. The van der Waals surface area contributed by atoms with E-state index in [0.29, 0.717) is 0 Å². The van der Waals surface area contributed by atoms with Crippen LogP contribution in [0.4, 0.5) is 22.7 Å². The van der Waals surface area contributed by atoms with E-state index < -0.39 is 0 Å². The van der Waals surface area contributed by atoms with Gasteiger partial charge in [-0.1, -0.05) is 147 Å². The van der Waals surface area contributed by atoms with Crippen LogP contribution in [0.15, 0.2) is 220 Å². The van der Waals surface area contributed by atoms with Crippen LogP contribution in [0.1, 0.15) is 43.0 Å². The summed E-state index contributed by atoms with van der Waals surface area (Å²) < 4.78 is 0. The standard InChI is InChI=1S/C55H48N2/c1-6-9-20-40(4)52-38-45(28-30-54(52)56-50-26-18-13-19-27-50)46-29-31-55-53(39-46)41(5)34-47(43-22-14-11-15-23-43)32-33-57(55)51-36-48(42(8-3)21-10-7-2)35-49(37-51)44-24-16-12-17-25-44/h6-39,56H,3,5H2,1-2,4H3/b9-6-,10-7-,33-32-,40-20+,42-21+,47-34+. The molecule has 0 atom stereocenters. The molecule has 6 aromatic rings. The van der Waals surface area contributed by atoms with Crippen molar-refractivity contribution in [1.29, 1.82) is 0 Å². The molecule has 7 rings (SSSR count). The molecule has 1 aliphatic heterocycles. The Morgan fingerprint density at radius 3 is 1.98 bits per heavy atom. The summed E-state index contributed by atoms with van der Waals surface area (Å²) in [6.07, 6.45) is 21.1. The number of anilines is 4. The topological polar surface area (TPSA) is 15.3 Å². The summed E-state index contributed by atoms with van der Waals surface area (Å²) in [7, 11) is 0. The molecule has 6 aromatic carbocycles. The lowest BCUT2D eigenvalue weighted by molar-refractivity contribution is 1.27. The van der Waals surface area contributed by atoms with Gasteiger partial charge in [-0.2, -0.15) is 0 Å². The maximum absolute atomic E-state index is 4.70. The van der Waals surface area contributed by atoms with Gasteiger partial charge < -0.3 is 10.2 Å². The minimum absolute atomic E-state index is 0.936. The third-order valence-electron chi connectivity index (χ3n) is 10.1. The van der Waals surface area contributed by atoms with Crippen molar-refractivity contribution < 1.29 is 0 Å². The SMILES string of the molecule is C=C/C(=C\C=C/C)c1cc(-c2ccccc2)cc(N2/C=C\C(c3ccccc3)=C/C(=C)c3cc(-c4ccc(Nc5ccccc5)c(/C(C)=C/C=C\C)c4)ccc32)c1. The molecule has 1 aliphatic rings. The first-order valence-electron chi connectivity index (χ1n) is 19.5. The Bertz CT molecular complexity index is 2580. The summed E-state index contributed by atoms with van der Waals surface area (Å²) in [5, 5.41) is 3.65. The van der Waals surface area contributed by atoms with Gasteiger partial charge in [0.25, 0.3) is 0 Å². The number of para-hydroxylation sites is 1. The number of benzene rings is 6. The van der Waals surface area contributed by atoms with Crippen LogP contribution in [0, 0.1) is 0 Å². The molecule has 0 radical (unpaired) electrons. The Kier molecular flexibility index (Phi) is 12.0. The zero-order valence-electron chi connectivity index (χ0n) is 33.0. The van der Waals surface area contributed by atoms with Crippen LogP contribution in [-0.2, 0) is 0 Å². The molecule has 0 aromatic heterocycles. The highest BCUT2D eigenvalue weighted by Gasteiger charge is 2.20. The molecule has 0 amide bonds. The number of nitrogens with zero attached hydrogens (tertiary/aromatic N) is 1. The lowest BCUT2D eigenvalue weighted by Gasteiger charge is -2.28. The van der Waals surface area contributed by atoms with Gasteiger partial charge in [0.15, 0.2) is 0 Å². The molecule has 1 N–H and O–H groups in total. The molecule has 0 aliphatic carbocycles. The van der Waals surface area contributed by atoms with Gasteiger partial charge in [-0.25, -0.2) is 0 Å². The van der Waals surface area contributed by atoms with Crippen molar-refractivity contribution in [2.75, 3.05) is 10.2 Å². The Balaban J connectivity index is 1.41. The van der Waals surface area contributed by atoms with Crippen LogP contribution in [-0.4, -0.2) is 0 Å². The van der Waals surface area contributed by atoms with E-state index in [0.717, 1.165) is 84.0 Å². The zero-order chi connectivity index (χ0) is 39.6. The normalized spacial score (nSPS) is 14.8. The minimum Gasteiger partial charge on any atom is -0.355 e. The lowest BCUT2D eigenvalue weighted by atomic mass is 9.91. The van der Waals surface area contributed by atoms with Crippen LogP contribution in [0.2, 0.25) is 0 Å². The van der Waals surface area contributed by atoms with Crippen molar-refractivity contribution >= 4 is 45.0 Å². The van der Waals surface area contributed by atoms with Gasteiger partial charge in [0, 0.05) is 34.4 Å². The van der Waals surface area contributed by atoms with E-state index >= 15 is 0 Å². The number of nitrogens with one attached hydrogen (secondary N) is 1. The number of allylic oxidation sites excluding steroid dienone is 13. The molecule has 0 saturated carbocycles. The number of fused-ring (bicyclic) bond motifs is 1. The Morgan fingerprint density at radius 2 is 1.28 bits per heavy atom. The van der Waals surface area contributed by atoms with Gasteiger partial charge in [0.2, 0.25) is 0 Å². The van der Waals surface area contributed by atoms with Crippen LogP contribution in [0.5, 0.6) is 0 Å². The molecule has 2 nitrogen and oxygen atoms in total. The maximum atomic E-state index is 4.70. The van der Waals surface area contributed by atoms with Crippen molar-refractivity contribution in [3.63, 3.8) is 0 Å². The highest BCUT2D eigenvalue weighted by atomic mass is 15.1. The average molecular weight is 737 g/mol. The molecule has 57 heavy (non-hydrogen) atoms. The van der Waals surface area contributed by atoms with Gasteiger partial charge in [-0.3, -0.25) is 0 Å². The van der Waals surface area contributed by atoms with Crippen LogP contribution >= 0.6 is 0 Å². The Hall–Kier alpha value is -7.16. The molecule has 278 valence electrons.